The molecule has 0 unspecified atom stereocenters. The summed E-state index contributed by atoms with van der Waals surface area (Å²) in [5.41, 5.74) is 0.464. The van der Waals surface area contributed by atoms with Gasteiger partial charge in [-0.2, -0.15) is 0 Å². The fourth-order valence-corrected chi connectivity index (χ4v) is 3.96. The normalized spacial score (nSPS) is 20.6. The minimum Gasteiger partial charge on any atom is -0.497 e. The Balaban J connectivity index is 1.47. The maximum absolute atomic E-state index is 12.7. The van der Waals surface area contributed by atoms with E-state index < -0.39 is 11.5 Å². The standard InChI is InChI=1S/C20H27NO5/c1-25-17-7-5-15(6-8-17)13-26-14-16(22)12-21-18(23)11-20(19(21)24)9-3-2-4-10-20/h5-8,16,22H,2-4,9-14H2,1H3/t16-/m0/s1. The van der Waals surface area contributed by atoms with Gasteiger partial charge in [0.15, 0.2) is 0 Å². The number of carbonyl (C=O) groups is 2. The molecule has 1 aliphatic carbocycles. The molecule has 1 aromatic carbocycles. The third-order valence-corrected chi connectivity index (χ3v) is 5.43. The summed E-state index contributed by atoms with van der Waals surface area (Å²) in [5.74, 6) is 0.513. The van der Waals surface area contributed by atoms with Crippen molar-refractivity contribution in [2.75, 3.05) is 20.3 Å². The van der Waals surface area contributed by atoms with E-state index in [0.717, 1.165) is 43.4 Å². The van der Waals surface area contributed by atoms with E-state index in [0.29, 0.717) is 13.0 Å². The lowest BCUT2D eigenvalue weighted by Gasteiger charge is -2.30. The number of aliphatic hydroxyl groups is 1. The molecule has 1 aromatic rings. The van der Waals surface area contributed by atoms with E-state index >= 15 is 0 Å². The van der Waals surface area contributed by atoms with Gasteiger partial charge in [0.2, 0.25) is 11.8 Å². The summed E-state index contributed by atoms with van der Waals surface area (Å²) in [7, 11) is 1.61. The molecule has 3 rings (SSSR count). The van der Waals surface area contributed by atoms with Crippen LogP contribution < -0.4 is 4.74 Å². The van der Waals surface area contributed by atoms with E-state index in [1.54, 1.807) is 7.11 Å². The van der Waals surface area contributed by atoms with Crippen LogP contribution in [-0.2, 0) is 20.9 Å². The van der Waals surface area contributed by atoms with E-state index in [-0.39, 0.29) is 25.0 Å². The molecule has 0 aromatic heterocycles. The average molecular weight is 361 g/mol. The van der Waals surface area contributed by atoms with Gasteiger partial charge >= 0.3 is 0 Å². The Morgan fingerprint density at radius 3 is 2.50 bits per heavy atom. The van der Waals surface area contributed by atoms with Gasteiger partial charge in [-0.3, -0.25) is 14.5 Å². The predicted molar refractivity (Wildman–Crippen MR) is 95.5 cm³/mol. The molecular weight excluding hydrogens is 334 g/mol. The SMILES string of the molecule is COc1ccc(COC[C@@H](O)CN2C(=O)CC3(CCCCC3)C2=O)cc1. The Labute approximate surface area is 154 Å². The van der Waals surface area contributed by atoms with E-state index in [1.807, 2.05) is 24.3 Å². The monoisotopic (exact) mass is 361 g/mol. The summed E-state index contributed by atoms with van der Waals surface area (Å²) in [6.45, 7) is 0.449. The van der Waals surface area contributed by atoms with Crippen molar-refractivity contribution in [3.63, 3.8) is 0 Å². The zero-order valence-corrected chi connectivity index (χ0v) is 15.3. The fourth-order valence-electron chi connectivity index (χ4n) is 3.96. The first-order valence-electron chi connectivity index (χ1n) is 9.28. The summed E-state index contributed by atoms with van der Waals surface area (Å²) in [4.78, 5) is 26.3. The van der Waals surface area contributed by atoms with Crippen LogP contribution in [0.3, 0.4) is 0 Å². The maximum Gasteiger partial charge on any atom is 0.235 e. The molecule has 0 bridgehead atoms. The molecule has 1 aliphatic heterocycles. The van der Waals surface area contributed by atoms with Crippen molar-refractivity contribution in [3.05, 3.63) is 29.8 Å². The van der Waals surface area contributed by atoms with Crippen LogP contribution in [0.15, 0.2) is 24.3 Å². The van der Waals surface area contributed by atoms with Crippen LogP contribution in [0.1, 0.15) is 44.1 Å². The zero-order valence-electron chi connectivity index (χ0n) is 15.3. The van der Waals surface area contributed by atoms with Gasteiger partial charge in [0, 0.05) is 6.42 Å². The minimum atomic E-state index is -0.875. The van der Waals surface area contributed by atoms with Crippen LogP contribution in [0.2, 0.25) is 0 Å². The Bertz CT molecular complexity index is 636. The highest BCUT2D eigenvalue weighted by Crippen LogP contribution is 2.45. The Morgan fingerprint density at radius 2 is 1.85 bits per heavy atom. The molecule has 1 atom stereocenters. The number of amides is 2. The highest BCUT2D eigenvalue weighted by Gasteiger charge is 2.51. The molecule has 2 fully saturated rings. The number of methoxy groups -OCH3 is 1. The van der Waals surface area contributed by atoms with Crippen molar-refractivity contribution in [2.24, 2.45) is 5.41 Å². The molecule has 1 saturated heterocycles. The number of ether oxygens (including phenoxy) is 2. The number of β-amino-alcohol motifs (C(OH)–C–C–N with tert-alkyl or cyclic N) is 1. The third kappa shape index (κ3) is 4.07. The van der Waals surface area contributed by atoms with Crippen molar-refractivity contribution in [2.45, 2.75) is 51.2 Å². The van der Waals surface area contributed by atoms with Crippen LogP contribution >= 0.6 is 0 Å². The second-order valence-corrected chi connectivity index (χ2v) is 7.34. The Hall–Kier alpha value is -1.92. The molecule has 0 radical (unpaired) electrons. The minimum absolute atomic E-state index is 0.0159. The lowest BCUT2D eigenvalue weighted by Crippen LogP contribution is -2.42. The quantitative estimate of drug-likeness (QED) is 0.754. The Morgan fingerprint density at radius 1 is 1.15 bits per heavy atom. The molecular formula is C20H27NO5. The van der Waals surface area contributed by atoms with E-state index in [9.17, 15) is 14.7 Å². The van der Waals surface area contributed by atoms with Gasteiger partial charge in [-0.1, -0.05) is 31.4 Å². The summed E-state index contributed by atoms with van der Waals surface area (Å²) >= 11 is 0. The molecule has 2 amide bonds. The number of imide groups is 1. The van der Waals surface area contributed by atoms with Crippen LogP contribution in [0.4, 0.5) is 0 Å². The van der Waals surface area contributed by atoms with Crippen LogP contribution in [-0.4, -0.2) is 48.2 Å². The highest BCUT2D eigenvalue weighted by atomic mass is 16.5. The number of likely N-dealkylation sites (tertiary alicyclic amines) is 1. The Kier molecular flexibility index (Phi) is 5.94. The summed E-state index contributed by atoms with van der Waals surface area (Å²) in [6, 6.07) is 7.48. The van der Waals surface area contributed by atoms with Crippen LogP contribution in [0.5, 0.6) is 5.75 Å². The third-order valence-electron chi connectivity index (χ3n) is 5.43. The lowest BCUT2D eigenvalue weighted by atomic mass is 9.73. The zero-order chi connectivity index (χ0) is 18.6. The van der Waals surface area contributed by atoms with E-state index in [1.165, 1.54) is 4.90 Å². The smallest absolute Gasteiger partial charge is 0.235 e. The number of rotatable bonds is 7. The van der Waals surface area contributed by atoms with Gasteiger partial charge in [0.1, 0.15) is 5.75 Å². The first kappa shape index (κ1) is 18.9. The molecule has 142 valence electrons. The number of hydrogen-bond acceptors (Lipinski definition) is 5. The number of carbonyl (C=O) groups excluding carboxylic acids is 2. The van der Waals surface area contributed by atoms with Crippen molar-refractivity contribution in [3.8, 4) is 5.75 Å². The largest absolute Gasteiger partial charge is 0.497 e. The highest BCUT2D eigenvalue weighted by molar-refractivity contribution is 6.05. The number of nitrogens with zero attached hydrogens (tertiary/aromatic N) is 1. The van der Waals surface area contributed by atoms with Gasteiger partial charge in [0.25, 0.3) is 0 Å². The summed E-state index contributed by atoms with van der Waals surface area (Å²) < 4.78 is 10.6. The van der Waals surface area contributed by atoms with Gasteiger partial charge in [0.05, 0.1) is 38.4 Å². The average Bonchev–Trinajstić information content (AvgIpc) is 2.87. The van der Waals surface area contributed by atoms with Gasteiger partial charge < -0.3 is 14.6 Å². The van der Waals surface area contributed by atoms with Crippen molar-refractivity contribution in [1.29, 1.82) is 0 Å². The van der Waals surface area contributed by atoms with Gasteiger partial charge in [-0.15, -0.1) is 0 Å². The number of aliphatic hydroxyl groups excluding tert-OH is 1. The van der Waals surface area contributed by atoms with Gasteiger partial charge in [-0.05, 0) is 30.5 Å². The summed E-state index contributed by atoms with van der Waals surface area (Å²) in [5, 5.41) is 10.2. The van der Waals surface area contributed by atoms with Crippen molar-refractivity contribution < 1.29 is 24.2 Å². The summed E-state index contributed by atoms with van der Waals surface area (Å²) in [6.07, 6.45) is 4.13. The second kappa shape index (κ2) is 8.18. The van der Waals surface area contributed by atoms with Crippen LogP contribution in [0, 0.1) is 5.41 Å². The van der Waals surface area contributed by atoms with E-state index in [2.05, 4.69) is 0 Å². The first-order valence-corrected chi connectivity index (χ1v) is 9.28. The first-order chi connectivity index (χ1) is 12.5. The topological polar surface area (TPSA) is 76.1 Å². The molecule has 2 aliphatic rings. The fraction of sp³-hybridized carbons (Fsp3) is 0.600. The molecule has 6 nitrogen and oxygen atoms in total. The molecule has 1 N–H and O–H groups in total. The molecule has 26 heavy (non-hydrogen) atoms. The molecule has 1 spiro atoms. The second-order valence-electron chi connectivity index (χ2n) is 7.34. The lowest BCUT2D eigenvalue weighted by molar-refractivity contribution is -0.144. The van der Waals surface area contributed by atoms with Crippen LogP contribution in [0.25, 0.3) is 0 Å². The molecule has 1 saturated carbocycles. The predicted octanol–water partition coefficient (Wildman–Crippen LogP) is 2.28. The molecule has 1 heterocycles. The maximum atomic E-state index is 12.7. The van der Waals surface area contributed by atoms with Crippen molar-refractivity contribution in [1.82, 2.24) is 4.90 Å². The number of hydrogen-bond donors (Lipinski definition) is 1. The van der Waals surface area contributed by atoms with Gasteiger partial charge in [-0.25, -0.2) is 0 Å². The molecule has 6 heteroatoms. The number of benzene rings is 1. The van der Waals surface area contributed by atoms with E-state index in [4.69, 9.17) is 9.47 Å². The van der Waals surface area contributed by atoms with Crippen molar-refractivity contribution >= 4 is 11.8 Å².